The SMILES string of the molecule is CC(C)Oc1ccccc1[C@@H](CCC(F)(F)F)N1CCNCC1.Cl. The van der Waals surface area contributed by atoms with E-state index >= 15 is 0 Å². The summed E-state index contributed by atoms with van der Waals surface area (Å²) in [6, 6.07) is 7.19. The summed E-state index contributed by atoms with van der Waals surface area (Å²) in [5.74, 6) is 0.688. The molecule has 1 aliphatic heterocycles. The number of nitrogens with one attached hydrogen (secondary N) is 1. The Morgan fingerprint density at radius 2 is 1.79 bits per heavy atom. The minimum atomic E-state index is -4.14. The van der Waals surface area contributed by atoms with Gasteiger partial charge in [0.2, 0.25) is 0 Å². The number of alkyl halides is 3. The zero-order chi connectivity index (χ0) is 16.9. The zero-order valence-electron chi connectivity index (χ0n) is 14.1. The fourth-order valence-electron chi connectivity index (χ4n) is 2.95. The lowest BCUT2D eigenvalue weighted by molar-refractivity contribution is -0.138. The maximum atomic E-state index is 12.7. The van der Waals surface area contributed by atoms with Crippen molar-refractivity contribution >= 4 is 12.4 Å². The van der Waals surface area contributed by atoms with Crippen LogP contribution in [0.4, 0.5) is 13.2 Å². The Kier molecular flexibility index (Phi) is 8.33. The van der Waals surface area contributed by atoms with Crippen molar-refractivity contribution in [3.05, 3.63) is 29.8 Å². The molecule has 1 aromatic rings. The molecule has 1 atom stereocenters. The maximum Gasteiger partial charge on any atom is 0.389 e. The molecule has 0 aliphatic carbocycles. The zero-order valence-corrected chi connectivity index (χ0v) is 14.9. The molecule has 24 heavy (non-hydrogen) atoms. The van der Waals surface area contributed by atoms with Crippen LogP contribution < -0.4 is 10.1 Å². The Hall–Kier alpha value is -0.980. The highest BCUT2D eigenvalue weighted by Crippen LogP contribution is 2.36. The van der Waals surface area contributed by atoms with Crippen molar-refractivity contribution in [2.45, 2.75) is 45.0 Å². The van der Waals surface area contributed by atoms with Gasteiger partial charge in [-0.1, -0.05) is 18.2 Å². The molecule has 1 heterocycles. The summed E-state index contributed by atoms with van der Waals surface area (Å²) in [5.41, 5.74) is 0.854. The van der Waals surface area contributed by atoms with Crippen molar-refractivity contribution in [2.75, 3.05) is 26.2 Å². The van der Waals surface area contributed by atoms with Gasteiger partial charge in [-0.2, -0.15) is 13.2 Å². The van der Waals surface area contributed by atoms with E-state index in [4.69, 9.17) is 4.74 Å². The maximum absolute atomic E-state index is 12.7. The Balaban J connectivity index is 0.00000288. The third kappa shape index (κ3) is 6.49. The summed E-state index contributed by atoms with van der Waals surface area (Å²) in [5, 5.41) is 3.25. The Morgan fingerprint density at radius 3 is 2.38 bits per heavy atom. The Labute approximate surface area is 148 Å². The van der Waals surface area contributed by atoms with Crippen LogP contribution in [-0.2, 0) is 0 Å². The van der Waals surface area contributed by atoms with E-state index in [0.717, 1.165) is 31.7 Å². The van der Waals surface area contributed by atoms with Crippen LogP contribution in [0.15, 0.2) is 24.3 Å². The molecule has 1 aromatic carbocycles. The lowest BCUT2D eigenvalue weighted by Gasteiger charge is -2.36. The number of piperazine rings is 1. The van der Waals surface area contributed by atoms with Crippen molar-refractivity contribution in [3.8, 4) is 5.75 Å². The van der Waals surface area contributed by atoms with Gasteiger partial charge in [0.1, 0.15) is 5.75 Å². The molecule has 1 N–H and O–H groups in total. The number of halogens is 4. The number of hydrogen-bond donors (Lipinski definition) is 1. The molecule has 3 nitrogen and oxygen atoms in total. The first-order valence-electron chi connectivity index (χ1n) is 8.14. The van der Waals surface area contributed by atoms with Crippen molar-refractivity contribution in [1.29, 1.82) is 0 Å². The van der Waals surface area contributed by atoms with E-state index in [0.29, 0.717) is 5.75 Å². The summed E-state index contributed by atoms with van der Waals surface area (Å²) in [6.07, 6.45) is -4.87. The van der Waals surface area contributed by atoms with E-state index in [1.807, 2.05) is 38.1 Å². The Morgan fingerprint density at radius 1 is 1.17 bits per heavy atom. The molecule has 0 bridgehead atoms. The summed E-state index contributed by atoms with van der Waals surface area (Å²) in [7, 11) is 0. The number of benzene rings is 1. The normalized spacial score (nSPS) is 17.4. The molecule has 138 valence electrons. The van der Waals surface area contributed by atoms with Crippen molar-refractivity contribution < 1.29 is 17.9 Å². The topological polar surface area (TPSA) is 24.5 Å². The number of para-hydroxylation sites is 1. The lowest BCUT2D eigenvalue weighted by atomic mass is 9.98. The fraction of sp³-hybridized carbons (Fsp3) is 0.647. The van der Waals surface area contributed by atoms with Crippen molar-refractivity contribution in [2.24, 2.45) is 0 Å². The summed E-state index contributed by atoms with van der Waals surface area (Å²) in [6.45, 7) is 6.95. The van der Waals surface area contributed by atoms with E-state index in [-0.39, 0.29) is 31.0 Å². The smallest absolute Gasteiger partial charge is 0.389 e. The van der Waals surface area contributed by atoms with Crippen molar-refractivity contribution in [1.82, 2.24) is 10.2 Å². The molecule has 0 unspecified atom stereocenters. The van der Waals surface area contributed by atoms with Crippen LogP contribution in [0.25, 0.3) is 0 Å². The van der Waals surface area contributed by atoms with Crippen LogP contribution in [0, 0.1) is 0 Å². The monoisotopic (exact) mass is 366 g/mol. The van der Waals surface area contributed by atoms with Crippen LogP contribution >= 0.6 is 12.4 Å². The molecule has 0 radical (unpaired) electrons. The van der Waals surface area contributed by atoms with Gasteiger partial charge >= 0.3 is 6.18 Å². The second-order valence-corrected chi connectivity index (χ2v) is 6.16. The van der Waals surface area contributed by atoms with Gasteiger partial charge in [0.05, 0.1) is 6.10 Å². The molecule has 1 saturated heterocycles. The molecule has 0 saturated carbocycles. The molecule has 2 rings (SSSR count). The van der Waals surface area contributed by atoms with Crippen LogP contribution in [0.2, 0.25) is 0 Å². The Bertz CT molecular complexity index is 491. The molecule has 0 spiro atoms. The van der Waals surface area contributed by atoms with Crippen LogP contribution in [-0.4, -0.2) is 43.4 Å². The minimum absolute atomic E-state index is 0. The van der Waals surface area contributed by atoms with Gasteiger partial charge in [-0.15, -0.1) is 12.4 Å². The van der Waals surface area contributed by atoms with Gasteiger partial charge in [-0.05, 0) is 26.3 Å². The fourth-order valence-corrected chi connectivity index (χ4v) is 2.95. The highest BCUT2D eigenvalue weighted by molar-refractivity contribution is 5.85. The molecular weight excluding hydrogens is 341 g/mol. The van der Waals surface area contributed by atoms with Gasteiger partial charge in [0.25, 0.3) is 0 Å². The third-order valence-electron chi connectivity index (χ3n) is 3.93. The highest BCUT2D eigenvalue weighted by atomic mass is 35.5. The van der Waals surface area contributed by atoms with Crippen LogP contribution in [0.5, 0.6) is 5.75 Å². The summed E-state index contributed by atoms with van der Waals surface area (Å²) < 4.78 is 44.1. The standard InChI is InChI=1S/C17H25F3N2O.ClH/c1-13(2)23-16-6-4-3-5-14(16)15(7-8-17(18,19)20)22-11-9-21-10-12-22;/h3-6,13,15,21H,7-12H2,1-2H3;1H/t15-;/m1./s1. The van der Waals surface area contributed by atoms with E-state index in [1.54, 1.807) is 0 Å². The average molecular weight is 367 g/mol. The first kappa shape index (κ1) is 21.1. The van der Waals surface area contributed by atoms with Gasteiger partial charge in [-0.25, -0.2) is 0 Å². The number of nitrogens with zero attached hydrogens (tertiary/aromatic N) is 1. The predicted molar refractivity (Wildman–Crippen MR) is 91.9 cm³/mol. The molecule has 1 fully saturated rings. The molecular formula is C17H26ClF3N2O. The van der Waals surface area contributed by atoms with E-state index in [1.165, 1.54) is 0 Å². The largest absolute Gasteiger partial charge is 0.491 e. The number of rotatable bonds is 6. The number of hydrogen-bond acceptors (Lipinski definition) is 3. The predicted octanol–water partition coefficient (Wildman–Crippen LogP) is 4.18. The molecule has 7 heteroatoms. The van der Waals surface area contributed by atoms with Crippen LogP contribution in [0.1, 0.15) is 38.3 Å². The van der Waals surface area contributed by atoms with E-state index < -0.39 is 12.6 Å². The molecule has 0 amide bonds. The quantitative estimate of drug-likeness (QED) is 0.817. The first-order chi connectivity index (χ1) is 10.9. The lowest BCUT2D eigenvalue weighted by Crippen LogP contribution is -2.45. The third-order valence-corrected chi connectivity index (χ3v) is 3.93. The van der Waals surface area contributed by atoms with Crippen molar-refractivity contribution in [3.63, 3.8) is 0 Å². The van der Waals surface area contributed by atoms with E-state index in [2.05, 4.69) is 10.2 Å². The summed E-state index contributed by atoms with van der Waals surface area (Å²) in [4.78, 5) is 2.13. The second-order valence-electron chi connectivity index (χ2n) is 6.16. The molecule has 1 aliphatic rings. The van der Waals surface area contributed by atoms with E-state index in [9.17, 15) is 13.2 Å². The summed E-state index contributed by atoms with van der Waals surface area (Å²) >= 11 is 0. The minimum Gasteiger partial charge on any atom is -0.491 e. The highest BCUT2D eigenvalue weighted by Gasteiger charge is 2.32. The number of ether oxygens (including phenoxy) is 1. The molecule has 0 aromatic heterocycles. The van der Waals surface area contributed by atoms with Gasteiger partial charge < -0.3 is 10.1 Å². The van der Waals surface area contributed by atoms with Gasteiger partial charge in [-0.3, -0.25) is 4.90 Å². The first-order valence-corrected chi connectivity index (χ1v) is 8.14. The van der Waals surface area contributed by atoms with Crippen LogP contribution in [0.3, 0.4) is 0 Å². The average Bonchev–Trinajstić information content (AvgIpc) is 2.48. The van der Waals surface area contributed by atoms with Gasteiger partial charge in [0.15, 0.2) is 0 Å². The van der Waals surface area contributed by atoms with Gasteiger partial charge in [0, 0.05) is 44.2 Å². The second kappa shape index (κ2) is 9.49.